The maximum Gasteiger partial charge on any atom is 0.254 e. The number of rotatable bonds is 1. The van der Waals surface area contributed by atoms with Crippen LogP contribution in [0.1, 0.15) is 57.9 Å². The van der Waals surface area contributed by atoms with Gasteiger partial charge in [-0.3, -0.25) is 4.79 Å². The van der Waals surface area contributed by atoms with Crippen molar-refractivity contribution in [1.82, 2.24) is 4.90 Å². The minimum atomic E-state index is -0.759. The van der Waals surface area contributed by atoms with Gasteiger partial charge >= 0.3 is 0 Å². The molecule has 1 aliphatic heterocycles. The van der Waals surface area contributed by atoms with Crippen LogP contribution in [0, 0.1) is 34.6 Å². The van der Waals surface area contributed by atoms with Gasteiger partial charge in [-0.25, -0.2) is 0 Å². The molecular formula is C18H27NO2. The molecule has 1 aliphatic rings. The first-order chi connectivity index (χ1) is 9.65. The predicted molar refractivity (Wildman–Crippen MR) is 85.9 cm³/mol. The summed E-state index contributed by atoms with van der Waals surface area (Å²) in [4.78, 5) is 14.8. The number of piperidine rings is 1. The van der Waals surface area contributed by atoms with Gasteiger partial charge in [0, 0.05) is 18.7 Å². The van der Waals surface area contributed by atoms with Gasteiger partial charge in [0.1, 0.15) is 0 Å². The molecule has 2 rings (SSSR count). The summed E-state index contributed by atoms with van der Waals surface area (Å²) >= 11 is 0. The zero-order valence-corrected chi connectivity index (χ0v) is 14.1. The maximum atomic E-state index is 13.0. The van der Waals surface area contributed by atoms with Gasteiger partial charge in [-0.2, -0.15) is 0 Å². The van der Waals surface area contributed by atoms with Crippen LogP contribution in [0.3, 0.4) is 0 Å². The number of hydrogen-bond acceptors (Lipinski definition) is 2. The summed E-state index contributed by atoms with van der Waals surface area (Å²) in [6.07, 6.45) is 1.63. The van der Waals surface area contributed by atoms with E-state index in [1.807, 2.05) is 25.7 Å². The van der Waals surface area contributed by atoms with Gasteiger partial charge < -0.3 is 10.0 Å². The molecule has 0 radical (unpaired) electrons. The third-order valence-electron chi connectivity index (χ3n) is 5.18. The fourth-order valence-corrected chi connectivity index (χ4v) is 3.37. The van der Waals surface area contributed by atoms with E-state index in [0.717, 1.165) is 36.1 Å². The molecule has 0 spiro atoms. The quantitative estimate of drug-likeness (QED) is 0.862. The molecule has 1 fully saturated rings. The molecule has 0 saturated carbocycles. The monoisotopic (exact) mass is 289 g/mol. The van der Waals surface area contributed by atoms with Crippen LogP contribution in [0.25, 0.3) is 0 Å². The number of likely N-dealkylation sites (tertiary alicyclic amines) is 1. The summed E-state index contributed by atoms with van der Waals surface area (Å²) < 4.78 is 0. The molecule has 116 valence electrons. The van der Waals surface area contributed by atoms with Crippen molar-refractivity contribution in [3.63, 3.8) is 0 Å². The van der Waals surface area contributed by atoms with Crippen molar-refractivity contribution in [3.05, 3.63) is 33.4 Å². The third-order valence-corrected chi connectivity index (χ3v) is 5.18. The highest BCUT2D eigenvalue weighted by Gasteiger charge is 2.32. The zero-order valence-electron chi connectivity index (χ0n) is 14.1. The van der Waals surface area contributed by atoms with Gasteiger partial charge in [-0.05, 0) is 82.2 Å². The van der Waals surface area contributed by atoms with Crippen LogP contribution in [-0.4, -0.2) is 34.6 Å². The Kier molecular flexibility index (Phi) is 4.16. The molecule has 1 aromatic carbocycles. The second kappa shape index (κ2) is 5.45. The first-order valence-electron chi connectivity index (χ1n) is 7.74. The highest BCUT2D eigenvalue weighted by atomic mass is 16.3. The van der Waals surface area contributed by atoms with E-state index >= 15 is 0 Å². The molecular weight excluding hydrogens is 262 g/mol. The molecule has 1 heterocycles. The summed E-state index contributed by atoms with van der Waals surface area (Å²) in [5, 5.41) is 10.2. The first-order valence-corrected chi connectivity index (χ1v) is 7.74. The van der Waals surface area contributed by atoms with Gasteiger partial charge in [-0.1, -0.05) is 0 Å². The van der Waals surface area contributed by atoms with Crippen LogP contribution >= 0.6 is 0 Å². The van der Waals surface area contributed by atoms with Gasteiger partial charge in [0.15, 0.2) is 0 Å². The van der Waals surface area contributed by atoms with E-state index < -0.39 is 5.60 Å². The molecule has 1 amide bonds. The van der Waals surface area contributed by atoms with E-state index in [1.54, 1.807) is 0 Å². The molecule has 0 aliphatic carbocycles. The molecule has 0 bridgehead atoms. The van der Waals surface area contributed by atoms with Crippen LogP contribution in [-0.2, 0) is 0 Å². The molecule has 1 saturated heterocycles. The number of nitrogens with zero attached hydrogens (tertiary/aromatic N) is 1. The molecule has 1 atom stereocenters. The third kappa shape index (κ3) is 2.84. The lowest BCUT2D eigenvalue weighted by Crippen LogP contribution is -2.48. The fourth-order valence-electron chi connectivity index (χ4n) is 3.37. The molecule has 3 nitrogen and oxygen atoms in total. The lowest BCUT2D eigenvalue weighted by molar-refractivity contribution is -0.0108. The normalized spacial score (nSPS) is 22.5. The Morgan fingerprint density at radius 1 is 1.00 bits per heavy atom. The number of aliphatic hydroxyl groups is 1. The van der Waals surface area contributed by atoms with Crippen molar-refractivity contribution < 1.29 is 9.90 Å². The van der Waals surface area contributed by atoms with Crippen LogP contribution in [0.2, 0.25) is 0 Å². The SMILES string of the molecule is Cc1c(C)c(C)c(C(=O)N2CCCC(C)(O)C2)c(C)c1C. The second-order valence-corrected chi connectivity index (χ2v) is 6.83. The minimum Gasteiger partial charge on any atom is -0.388 e. The van der Waals surface area contributed by atoms with Crippen molar-refractivity contribution in [2.45, 2.75) is 60.0 Å². The van der Waals surface area contributed by atoms with E-state index in [1.165, 1.54) is 16.7 Å². The average molecular weight is 289 g/mol. The highest BCUT2D eigenvalue weighted by molar-refractivity contribution is 5.98. The smallest absolute Gasteiger partial charge is 0.254 e. The Morgan fingerprint density at radius 2 is 1.48 bits per heavy atom. The van der Waals surface area contributed by atoms with Gasteiger partial charge in [0.25, 0.3) is 5.91 Å². The Labute approximate surface area is 128 Å². The summed E-state index contributed by atoms with van der Waals surface area (Å²) in [7, 11) is 0. The molecule has 21 heavy (non-hydrogen) atoms. The van der Waals surface area contributed by atoms with E-state index in [9.17, 15) is 9.90 Å². The Balaban J connectivity index is 2.45. The van der Waals surface area contributed by atoms with Crippen molar-refractivity contribution in [1.29, 1.82) is 0 Å². The highest BCUT2D eigenvalue weighted by Crippen LogP contribution is 2.29. The van der Waals surface area contributed by atoms with Crippen molar-refractivity contribution in [2.75, 3.05) is 13.1 Å². The second-order valence-electron chi connectivity index (χ2n) is 6.83. The van der Waals surface area contributed by atoms with Gasteiger partial charge in [-0.15, -0.1) is 0 Å². The number of carbonyl (C=O) groups excluding carboxylic acids is 1. The van der Waals surface area contributed by atoms with Gasteiger partial charge in [0.2, 0.25) is 0 Å². The van der Waals surface area contributed by atoms with Crippen LogP contribution < -0.4 is 0 Å². The maximum absolute atomic E-state index is 13.0. The van der Waals surface area contributed by atoms with E-state index in [0.29, 0.717) is 6.54 Å². The van der Waals surface area contributed by atoms with Crippen molar-refractivity contribution >= 4 is 5.91 Å². The first kappa shape index (κ1) is 16.0. The lowest BCUT2D eigenvalue weighted by Gasteiger charge is -2.37. The predicted octanol–water partition coefficient (Wildman–Crippen LogP) is 3.22. The average Bonchev–Trinajstić information content (AvgIpc) is 2.42. The molecule has 1 N–H and O–H groups in total. The van der Waals surface area contributed by atoms with Crippen molar-refractivity contribution in [3.8, 4) is 0 Å². The number of benzene rings is 1. The standard InChI is InChI=1S/C18H27NO2/c1-11-12(2)14(4)16(15(5)13(11)3)17(20)19-9-7-8-18(6,21)10-19/h21H,7-10H2,1-6H3. The van der Waals surface area contributed by atoms with Crippen LogP contribution in [0.15, 0.2) is 0 Å². The lowest BCUT2D eigenvalue weighted by atomic mass is 9.88. The van der Waals surface area contributed by atoms with E-state index in [4.69, 9.17) is 0 Å². The molecule has 1 unspecified atom stereocenters. The van der Waals surface area contributed by atoms with Gasteiger partial charge in [0.05, 0.1) is 5.60 Å². The number of hydrogen-bond donors (Lipinski definition) is 1. The van der Waals surface area contributed by atoms with Crippen molar-refractivity contribution in [2.24, 2.45) is 0 Å². The Hall–Kier alpha value is -1.35. The van der Waals surface area contributed by atoms with E-state index in [2.05, 4.69) is 20.8 Å². The Morgan fingerprint density at radius 3 is 1.95 bits per heavy atom. The summed E-state index contributed by atoms with van der Waals surface area (Å²) in [5.74, 6) is 0.0659. The summed E-state index contributed by atoms with van der Waals surface area (Å²) in [6.45, 7) is 13.3. The zero-order chi connectivity index (χ0) is 15.9. The number of amides is 1. The largest absolute Gasteiger partial charge is 0.388 e. The topological polar surface area (TPSA) is 40.5 Å². The van der Waals surface area contributed by atoms with Crippen LogP contribution in [0.4, 0.5) is 0 Å². The molecule has 0 aromatic heterocycles. The summed E-state index contributed by atoms with van der Waals surface area (Å²) in [5.41, 5.74) is 5.89. The fraction of sp³-hybridized carbons (Fsp3) is 0.611. The molecule has 1 aromatic rings. The van der Waals surface area contributed by atoms with Crippen LogP contribution in [0.5, 0.6) is 0 Å². The number of β-amino-alcohol motifs (C(OH)–C–C–N with tert-alkyl or cyclic N) is 1. The van der Waals surface area contributed by atoms with E-state index in [-0.39, 0.29) is 5.91 Å². The summed E-state index contributed by atoms with van der Waals surface area (Å²) in [6, 6.07) is 0. The number of carbonyl (C=O) groups is 1. The Bertz CT molecular complexity index is 558. The minimum absolute atomic E-state index is 0.0659. The molecule has 3 heteroatoms.